The molecular weight excluding hydrogens is 632 g/mol. The fourth-order valence-corrected chi connectivity index (χ4v) is 13.4. The molecule has 0 spiro atoms. The molecule has 4 aromatic carbocycles. The number of aryl methyl sites for hydroxylation is 3. The summed E-state index contributed by atoms with van der Waals surface area (Å²) < 4.78 is 24.7. The van der Waals surface area contributed by atoms with E-state index in [-0.39, 0.29) is 5.75 Å². The zero-order valence-electron chi connectivity index (χ0n) is 30.0. The Hall–Kier alpha value is -2.99. The Labute approximate surface area is 291 Å². The number of hydrogen-bond acceptors (Lipinski definition) is 5. The molecule has 4 rings (SSSR count). The zero-order valence-corrected chi connectivity index (χ0v) is 31.9. The Morgan fingerprint density at radius 2 is 0.958 bits per heavy atom. The average Bonchev–Trinajstić information content (AvgIpc) is 3.07. The predicted molar refractivity (Wildman–Crippen MR) is 206 cm³/mol. The van der Waals surface area contributed by atoms with Gasteiger partial charge in [-0.1, -0.05) is 78.8 Å². The molecule has 5 nitrogen and oxygen atoms in total. The molecule has 0 bridgehead atoms. The van der Waals surface area contributed by atoms with Gasteiger partial charge in [0.1, 0.15) is 28.9 Å². The van der Waals surface area contributed by atoms with E-state index in [1.165, 1.54) is 39.0 Å². The first-order valence-corrected chi connectivity index (χ1v) is 21.5. The van der Waals surface area contributed by atoms with Crippen molar-refractivity contribution >= 4 is 37.3 Å². The quantitative estimate of drug-likeness (QED) is 0.0573. The summed E-state index contributed by atoms with van der Waals surface area (Å²) in [6.45, 7) is 14.9. The Balaban J connectivity index is 1.53. The minimum atomic E-state index is -2.56. The van der Waals surface area contributed by atoms with Crippen molar-refractivity contribution in [3.05, 3.63) is 108 Å². The van der Waals surface area contributed by atoms with Gasteiger partial charge in [0.05, 0.1) is 6.61 Å². The minimum Gasteiger partial charge on any atom is -0.508 e. The van der Waals surface area contributed by atoms with Crippen LogP contribution in [0.5, 0.6) is 11.5 Å². The van der Waals surface area contributed by atoms with Crippen LogP contribution in [0.1, 0.15) is 76.0 Å². The van der Waals surface area contributed by atoms with Crippen molar-refractivity contribution in [2.45, 2.75) is 86.1 Å². The van der Waals surface area contributed by atoms with Gasteiger partial charge in [-0.25, -0.2) is 0 Å². The van der Waals surface area contributed by atoms with Gasteiger partial charge in [0.25, 0.3) is 0 Å². The molecule has 258 valence electrons. The molecule has 0 fully saturated rings. The molecule has 4 aromatic rings. The highest BCUT2D eigenvalue weighted by molar-refractivity contribution is 8.01. The maximum absolute atomic E-state index is 11.0. The summed E-state index contributed by atoms with van der Waals surface area (Å²) in [6.07, 6.45) is 6.60. The first-order chi connectivity index (χ1) is 23.3. The van der Waals surface area contributed by atoms with Crippen molar-refractivity contribution in [2.75, 3.05) is 26.4 Å². The van der Waals surface area contributed by atoms with Crippen molar-refractivity contribution in [3.8, 4) is 11.5 Å². The monoisotopic (exact) mass is 687 g/mol. The molecule has 0 aromatic heterocycles. The third kappa shape index (κ3) is 9.58. The fourth-order valence-electron chi connectivity index (χ4n) is 6.39. The molecule has 48 heavy (non-hydrogen) atoms. The largest absolute Gasteiger partial charge is 0.508 e. The van der Waals surface area contributed by atoms with E-state index in [9.17, 15) is 5.11 Å². The predicted octanol–water partition coefficient (Wildman–Crippen LogP) is 8.70. The highest BCUT2D eigenvalue weighted by atomic mass is 31.2. The normalized spacial score (nSPS) is 12.0. The Kier molecular flexibility index (Phi) is 14.7. The Bertz CT molecular complexity index is 1390. The van der Waals surface area contributed by atoms with Crippen molar-refractivity contribution < 1.29 is 23.1 Å². The van der Waals surface area contributed by atoms with Crippen LogP contribution < -0.4 is 26.0 Å². The number of unbranched alkanes of at least 4 members (excludes halogenated alkanes) is 5. The van der Waals surface area contributed by atoms with E-state index < -0.39 is 16.1 Å². The Morgan fingerprint density at radius 1 is 0.542 bits per heavy atom. The molecule has 0 unspecified atom stereocenters. The summed E-state index contributed by atoms with van der Waals surface area (Å²) in [4.78, 5) is 0. The lowest BCUT2D eigenvalue weighted by Crippen LogP contribution is -2.45. The SMILES string of the molecule is CCO[Si](CCCCCCCCOc1ccc(O)cc1[P+](c1ccc(C)cc1)(c1ccc(C)cc1)c1ccc(C)cc1)(OCC)OCC. The number of hydrogen-bond donors (Lipinski definition) is 1. The molecule has 1 N–H and O–H groups in total. The summed E-state index contributed by atoms with van der Waals surface area (Å²) in [7, 11) is -5.00. The van der Waals surface area contributed by atoms with Crippen LogP contribution in [0.25, 0.3) is 0 Å². The molecular formula is C41H56O5PSi+. The van der Waals surface area contributed by atoms with Crippen LogP contribution in [0.4, 0.5) is 0 Å². The lowest BCUT2D eigenvalue weighted by Gasteiger charge is -2.29. The summed E-state index contributed by atoms with van der Waals surface area (Å²) in [5, 5.41) is 15.7. The van der Waals surface area contributed by atoms with Crippen LogP contribution in [-0.2, 0) is 13.3 Å². The van der Waals surface area contributed by atoms with Gasteiger partial charge in [0.15, 0.2) is 11.1 Å². The van der Waals surface area contributed by atoms with E-state index in [4.69, 9.17) is 18.0 Å². The van der Waals surface area contributed by atoms with Crippen LogP contribution in [0.15, 0.2) is 91.0 Å². The summed E-state index contributed by atoms with van der Waals surface area (Å²) >= 11 is 0. The second kappa shape index (κ2) is 18.7. The zero-order chi connectivity index (χ0) is 34.4. The second-order valence-corrected chi connectivity index (χ2v) is 18.6. The highest BCUT2D eigenvalue weighted by Gasteiger charge is 2.50. The van der Waals surface area contributed by atoms with E-state index in [1.807, 2.05) is 32.9 Å². The Morgan fingerprint density at radius 3 is 1.40 bits per heavy atom. The van der Waals surface area contributed by atoms with Gasteiger partial charge in [0, 0.05) is 31.9 Å². The number of aromatic hydroxyl groups is 1. The van der Waals surface area contributed by atoms with Crippen molar-refractivity contribution in [1.82, 2.24) is 0 Å². The lowest BCUT2D eigenvalue weighted by molar-refractivity contribution is 0.0706. The van der Waals surface area contributed by atoms with Gasteiger partial charge in [-0.05, 0) is 103 Å². The summed E-state index contributed by atoms with van der Waals surface area (Å²) in [5.41, 5.74) is 3.66. The van der Waals surface area contributed by atoms with Gasteiger partial charge in [0.2, 0.25) is 0 Å². The first-order valence-electron chi connectivity index (χ1n) is 17.8. The standard InChI is InChI=1S/C41H55O5PSi/c1-7-44-48(45-8-2,46-9-3)31-15-13-11-10-12-14-30-43-40-29-22-36(42)32-41(40)47(37-23-16-33(4)17-24-37,38-25-18-34(5)19-26-38)39-27-20-35(6)21-28-39/h16-29,32H,7-15,30-31H2,1-6H3/p+1. The smallest absolute Gasteiger partial charge is 0.500 e. The average molecular weight is 688 g/mol. The van der Waals surface area contributed by atoms with Crippen LogP contribution in [0.3, 0.4) is 0 Å². The topological polar surface area (TPSA) is 57.2 Å². The highest BCUT2D eigenvalue weighted by Crippen LogP contribution is 2.56. The van der Waals surface area contributed by atoms with Gasteiger partial charge >= 0.3 is 8.80 Å². The van der Waals surface area contributed by atoms with Crippen LogP contribution in [-0.4, -0.2) is 40.3 Å². The second-order valence-electron chi connectivity index (χ2n) is 12.5. The van der Waals surface area contributed by atoms with Gasteiger partial charge in [-0.2, -0.15) is 0 Å². The van der Waals surface area contributed by atoms with E-state index in [0.29, 0.717) is 26.4 Å². The molecule has 0 aliphatic heterocycles. The molecule has 0 heterocycles. The molecule has 0 saturated carbocycles. The number of phenolic OH excluding ortho intramolecular Hbond substituents is 1. The number of phenols is 1. The molecule has 7 heteroatoms. The maximum Gasteiger partial charge on any atom is 0.500 e. The lowest BCUT2D eigenvalue weighted by atomic mass is 10.1. The molecule has 0 saturated heterocycles. The molecule has 0 atom stereocenters. The third-order valence-electron chi connectivity index (χ3n) is 8.80. The van der Waals surface area contributed by atoms with E-state index in [1.54, 1.807) is 6.07 Å². The molecule has 0 radical (unpaired) electrons. The maximum atomic E-state index is 11.0. The van der Waals surface area contributed by atoms with Gasteiger partial charge in [-0.15, -0.1) is 0 Å². The van der Waals surface area contributed by atoms with Crippen molar-refractivity contribution in [2.24, 2.45) is 0 Å². The van der Waals surface area contributed by atoms with Crippen LogP contribution in [0, 0.1) is 20.8 Å². The van der Waals surface area contributed by atoms with E-state index in [2.05, 4.69) is 93.6 Å². The molecule has 0 amide bonds. The van der Waals surface area contributed by atoms with E-state index in [0.717, 1.165) is 49.2 Å². The van der Waals surface area contributed by atoms with Crippen LogP contribution >= 0.6 is 7.26 Å². The summed E-state index contributed by atoms with van der Waals surface area (Å²) in [5.74, 6) is 1.09. The summed E-state index contributed by atoms with van der Waals surface area (Å²) in [6, 6.07) is 33.3. The van der Waals surface area contributed by atoms with Gasteiger partial charge in [-0.3, -0.25) is 0 Å². The van der Waals surface area contributed by atoms with E-state index >= 15 is 0 Å². The van der Waals surface area contributed by atoms with Gasteiger partial charge < -0.3 is 23.1 Å². The van der Waals surface area contributed by atoms with Crippen molar-refractivity contribution in [3.63, 3.8) is 0 Å². The number of ether oxygens (including phenoxy) is 1. The third-order valence-corrected chi connectivity index (χ3v) is 16.2. The first kappa shape index (κ1) is 37.8. The van der Waals surface area contributed by atoms with Crippen molar-refractivity contribution in [1.29, 1.82) is 0 Å². The fraction of sp³-hybridized carbons (Fsp3) is 0.415. The molecule has 0 aliphatic carbocycles. The van der Waals surface area contributed by atoms with Crippen LogP contribution in [0.2, 0.25) is 6.04 Å². The molecule has 0 aliphatic rings. The minimum absolute atomic E-state index is 0.248. The number of benzene rings is 4. The number of rotatable bonds is 20.